The molecule has 1 aliphatic carbocycles. The normalized spacial score (nSPS) is 14.6. The number of fused-ring (bicyclic) bond motifs is 3. The second-order valence-electron chi connectivity index (χ2n) is 9.18. The number of carbonyl (C=O) groups excluding carboxylic acids is 3. The summed E-state index contributed by atoms with van der Waals surface area (Å²) in [5, 5.41) is 11.4. The number of allylic oxidation sites excluding steroid dienone is 1. The molecule has 0 saturated heterocycles. The summed E-state index contributed by atoms with van der Waals surface area (Å²) in [4.78, 5) is 46.1. The van der Waals surface area contributed by atoms with Crippen LogP contribution in [0, 0.1) is 13.8 Å². The number of rotatable bonds is 2. The third-order valence-electron chi connectivity index (χ3n) is 7.13. The van der Waals surface area contributed by atoms with Gasteiger partial charge in [-0.15, -0.1) is 0 Å². The molecule has 0 radical (unpaired) electrons. The van der Waals surface area contributed by atoms with Crippen LogP contribution >= 0.6 is 69.6 Å². The summed E-state index contributed by atoms with van der Waals surface area (Å²) in [6, 6.07) is 8.03. The molecule has 4 aromatic rings. The van der Waals surface area contributed by atoms with Crippen molar-refractivity contribution in [2.75, 3.05) is 4.90 Å². The highest BCUT2D eigenvalue weighted by Gasteiger charge is 2.43. The molecule has 6 rings (SSSR count). The lowest BCUT2D eigenvalue weighted by atomic mass is 9.99. The molecule has 40 heavy (non-hydrogen) atoms. The van der Waals surface area contributed by atoms with E-state index in [0.717, 1.165) is 4.90 Å². The third kappa shape index (κ3) is 3.51. The minimum Gasteiger partial charge on any atom is -0.506 e. The summed E-state index contributed by atoms with van der Waals surface area (Å²) < 4.78 is 0. The topological polar surface area (TPSA) is 87.6 Å². The SMILES string of the molecule is Cc1c(C)c(Cl)c2c(c1Cl)C(=O)C(c1ccc3cccc(N4C(=O)c5c(Cl)c(Cl)c(Cl)c(Cl)c5C4=O)c3n1)=C2O. The molecular weight excluding hydrogens is 641 g/mol. The average molecular weight is 653 g/mol. The Morgan fingerprint density at radius 1 is 0.675 bits per heavy atom. The standard InChI is InChI=1S/C28H12Cl6N2O4/c1-8-9(2)19(30)15-14(18(8)29)25(37)13(26(15)38)11-7-6-10-4-3-5-12(24(10)35-11)36-27(39)16-17(28(36)40)21(32)23(34)22(33)20(16)31/h3-7,37H,1-2H3. The van der Waals surface area contributed by atoms with Gasteiger partial charge in [0.1, 0.15) is 5.76 Å². The molecule has 1 aromatic heterocycles. The Morgan fingerprint density at radius 3 is 1.80 bits per heavy atom. The molecule has 0 unspecified atom stereocenters. The van der Waals surface area contributed by atoms with Gasteiger partial charge in [-0.05, 0) is 37.1 Å². The quantitative estimate of drug-likeness (QED) is 0.133. The highest BCUT2D eigenvalue weighted by molar-refractivity contribution is 6.56. The van der Waals surface area contributed by atoms with E-state index in [4.69, 9.17) is 69.6 Å². The first-order valence-corrected chi connectivity index (χ1v) is 13.8. The Labute approximate surface area is 256 Å². The van der Waals surface area contributed by atoms with Crippen LogP contribution in [0.5, 0.6) is 0 Å². The van der Waals surface area contributed by atoms with Crippen molar-refractivity contribution < 1.29 is 19.5 Å². The summed E-state index contributed by atoms with van der Waals surface area (Å²) in [6.45, 7) is 3.47. The third-order valence-corrected chi connectivity index (χ3v) is 9.88. The number of imide groups is 1. The number of carbonyl (C=O) groups is 3. The van der Waals surface area contributed by atoms with E-state index in [-0.39, 0.29) is 80.6 Å². The number of halogens is 6. The number of Topliss-reactive ketones (excluding diaryl/α,β-unsaturated/α-hetero) is 1. The van der Waals surface area contributed by atoms with Crippen LogP contribution in [0.25, 0.3) is 22.2 Å². The fourth-order valence-corrected chi connectivity index (χ4v) is 6.64. The Bertz CT molecular complexity index is 1920. The number of ketones is 1. The van der Waals surface area contributed by atoms with E-state index in [1.54, 1.807) is 38.1 Å². The van der Waals surface area contributed by atoms with Crippen LogP contribution in [0.4, 0.5) is 5.69 Å². The van der Waals surface area contributed by atoms with Crippen LogP contribution in [0.15, 0.2) is 30.3 Å². The number of hydrogen-bond donors (Lipinski definition) is 1. The second-order valence-corrected chi connectivity index (χ2v) is 11.4. The zero-order valence-electron chi connectivity index (χ0n) is 20.2. The smallest absolute Gasteiger partial charge is 0.267 e. The molecule has 2 amide bonds. The van der Waals surface area contributed by atoms with Gasteiger partial charge in [0.2, 0.25) is 5.78 Å². The summed E-state index contributed by atoms with van der Waals surface area (Å²) in [7, 11) is 0. The van der Waals surface area contributed by atoms with Crippen LogP contribution in [-0.2, 0) is 0 Å². The zero-order chi connectivity index (χ0) is 28.9. The Morgan fingerprint density at radius 2 is 1.23 bits per heavy atom. The van der Waals surface area contributed by atoms with E-state index in [9.17, 15) is 19.5 Å². The van der Waals surface area contributed by atoms with Crippen molar-refractivity contribution in [1.29, 1.82) is 0 Å². The molecule has 6 nitrogen and oxygen atoms in total. The number of aromatic nitrogens is 1. The van der Waals surface area contributed by atoms with E-state index in [1.165, 1.54) is 6.07 Å². The summed E-state index contributed by atoms with van der Waals surface area (Å²) >= 11 is 37.9. The Balaban J connectivity index is 1.55. The van der Waals surface area contributed by atoms with Crippen LogP contribution in [0.2, 0.25) is 30.1 Å². The molecule has 12 heteroatoms. The van der Waals surface area contributed by atoms with Gasteiger partial charge in [-0.1, -0.05) is 87.8 Å². The Kier molecular flexibility index (Phi) is 6.39. The number of aliphatic hydroxyl groups is 1. The van der Waals surface area contributed by atoms with E-state index < -0.39 is 17.6 Å². The largest absolute Gasteiger partial charge is 0.506 e. The summed E-state index contributed by atoms with van der Waals surface area (Å²) in [5.41, 5.74) is 1.33. The maximum atomic E-state index is 13.5. The van der Waals surface area contributed by atoms with Crippen molar-refractivity contribution >= 4 is 115 Å². The van der Waals surface area contributed by atoms with Gasteiger partial charge in [-0.2, -0.15) is 0 Å². The van der Waals surface area contributed by atoms with Gasteiger partial charge in [-0.3, -0.25) is 14.4 Å². The number of hydrogen-bond acceptors (Lipinski definition) is 5. The molecule has 1 aliphatic heterocycles. The maximum absolute atomic E-state index is 13.5. The Hall–Kier alpha value is -2.84. The minimum atomic E-state index is -0.777. The monoisotopic (exact) mass is 650 g/mol. The number of pyridine rings is 1. The van der Waals surface area contributed by atoms with E-state index in [2.05, 4.69) is 4.98 Å². The minimum absolute atomic E-state index is 0.0795. The number of aliphatic hydroxyl groups excluding tert-OH is 1. The first-order valence-electron chi connectivity index (χ1n) is 11.5. The molecule has 200 valence electrons. The van der Waals surface area contributed by atoms with Crippen molar-refractivity contribution in [3.05, 3.63) is 99.5 Å². The molecule has 0 atom stereocenters. The van der Waals surface area contributed by atoms with Crippen molar-refractivity contribution in [2.45, 2.75) is 13.8 Å². The van der Waals surface area contributed by atoms with Crippen molar-refractivity contribution in [3.63, 3.8) is 0 Å². The molecule has 0 fully saturated rings. The number of anilines is 1. The second kappa shape index (κ2) is 9.35. The van der Waals surface area contributed by atoms with Gasteiger partial charge in [0, 0.05) is 10.9 Å². The lowest BCUT2D eigenvalue weighted by molar-refractivity contribution is 0.0925. The van der Waals surface area contributed by atoms with E-state index in [1.807, 2.05) is 0 Å². The first-order chi connectivity index (χ1) is 18.9. The maximum Gasteiger partial charge on any atom is 0.267 e. The molecule has 1 N–H and O–H groups in total. The molecule has 0 bridgehead atoms. The fourth-order valence-electron chi connectivity index (χ4n) is 4.97. The van der Waals surface area contributed by atoms with E-state index in [0.29, 0.717) is 16.5 Å². The highest BCUT2D eigenvalue weighted by atomic mass is 35.5. The summed E-state index contributed by atoms with van der Waals surface area (Å²) in [5.74, 6) is -2.49. The molecule has 2 aliphatic rings. The van der Waals surface area contributed by atoms with Gasteiger partial charge in [-0.25, -0.2) is 9.88 Å². The van der Waals surface area contributed by atoms with Crippen molar-refractivity contribution in [1.82, 2.24) is 4.98 Å². The predicted molar refractivity (Wildman–Crippen MR) is 159 cm³/mol. The fraction of sp³-hybridized carbons (Fsp3) is 0.0714. The molecule has 2 heterocycles. The number of para-hydroxylation sites is 1. The van der Waals surface area contributed by atoms with Gasteiger partial charge in [0.25, 0.3) is 11.8 Å². The lowest BCUT2D eigenvalue weighted by Gasteiger charge is -2.16. The molecular formula is C28H12Cl6N2O4. The van der Waals surface area contributed by atoms with Gasteiger partial charge >= 0.3 is 0 Å². The van der Waals surface area contributed by atoms with Crippen LogP contribution < -0.4 is 4.90 Å². The average Bonchev–Trinajstić information content (AvgIpc) is 3.35. The van der Waals surface area contributed by atoms with Crippen molar-refractivity contribution in [3.8, 4) is 0 Å². The zero-order valence-corrected chi connectivity index (χ0v) is 24.8. The van der Waals surface area contributed by atoms with Crippen molar-refractivity contribution in [2.24, 2.45) is 0 Å². The molecule has 0 spiro atoms. The number of benzene rings is 3. The van der Waals surface area contributed by atoms with Gasteiger partial charge < -0.3 is 5.11 Å². The molecule has 0 saturated carbocycles. The lowest BCUT2D eigenvalue weighted by Crippen LogP contribution is -2.29. The molecule has 3 aromatic carbocycles. The van der Waals surface area contributed by atoms with Gasteiger partial charge in [0.05, 0.1) is 69.3 Å². The first kappa shape index (κ1) is 27.3. The number of nitrogens with zero attached hydrogens (tertiary/aromatic N) is 2. The van der Waals surface area contributed by atoms with Gasteiger partial charge in [0.15, 0.2) is 0 Å². The van der Waals surface area contributed by atoms with Crippen LogP contribution in [-0.4, -0.2) is 27.7 Å². The number of amides is 2. The highest BCUT2D eigenvalue weighted by Crippen LogP contribution is 2.48. The predicted octanol–water partition coefficient (Wildman–Crippen LogP) is 9.20. The van der Waals surface area contributed by atoms with E-state index >= 15 is 0 Å². The summed E-state index contributed by atoms with van der Waals surface area (Å²) in [6.07, 6.45) is 0. The van der Waals surface area contributed by atoms with Crippen LogP contribution in [0.1, 0.15) is 53.5 Å². The van der Waals surface area contributed by atoms with Crippen LogP contribution in [0.3, 0.4) is 0 Å².